The van der Waals surface area contributed by atoms with Gasteiger partial charge in [-0.15, -0.1) is 0 Å². The minimum absolute atomic E-state index is 0.281. The Hall–Kier alpha value is -1.18. The molecule has 0 spiro atoms. The van der Waals surface area contributed by atoms with Crippen molar-refractivity contribution in [3.05, 3.63) is 18.3 Å². The standard InChI is InChI=1S/C16H25N3O3S/c1-22-14-6-4-5-13(11-14)18-16-8-7-15(12-17-16)23(20,21)19-9-2-3-10-19/h7-8,12-14H,2-6,9-11H2,1H3,(H,17,18). The van der Waals surface area contributed by atoms with Gasteiger partial charge in [-0.3, -0.25) is 0 Å². The molecule has 1 aromatic heterocycles. The molecule has 1 N–H and O–H groups in total. The highest BCUT2D eigenvalue weighted by molar-refractivity contribution is 7.89. The van der Waals surface area contributed by atoms with Crippen LogP contribution in [0.3, 0.4) is 0 Å². The number of anilines is 1. The fourth-order valence-corrected chi connectivity index (χ4v) is 4.86. The first-order chi connectivity index (χ1) is 11.1. The fraction of sp³-hybridized carbons (Fsp3) is 0.688. The molecule has 1 saturated heterocycles. The molecule has 3 rings (SSSR count). The topological polar surface area (TPSA) is 71.5 Å². The normalized spacial score (nSPS) is 26.3. The maximum absolute atomic E-state index is 12.5. The smallest absolute Gasteiger partial charge is 0.244 e. The lowest BCUT2D eigenvalue weighted by Gasteiger charge is -2.29. The summed E-state index contributed by atoms with van der Waals surface area (Å²) in [5.74, 6) is 0.729. The van der Waals surface area contributed by atoms with E-state index in [1.807, 2.05) is 0 Å². The largest absolute Gasteiger partial charge is 0.381 e. The van der Waals surface area contributed by atoms with E-state index in [2.05, 4.69) is 10.3 Å². The fourth-order valence-electron chi connectivity index (χ4n) is 3.40. The van der Waals surface area contributed by atoms with Crippen molar-refractivity contribution < 1.29 is 13.2 Å². The zero-order valence-electron chi connectivity index (χ0n) is 13.6. The summed E-state index contributed by atoms with van der Waals surface area (Å²) in [4.78, 5) is 4.58. The second-order valence-electron chi connectivity index (χ2n) is 6.36. The zero-order chi connectivity index (χ0) is 16.3. The maximum Gasteiger partial charge on any atom is 0.244 e. The van der Waals surface area contributed by atoms with Crippen molar-refractivity contribution in [2.75, 3.05) is 25.5 Å². The Labute approximate surface area is 138 Å². The summed E-state index contributed by atoms with van der Waals surface area (Å²) in [7, 11) is -1.62. The van der Waals surface area contributed by atoms with Gasteiger partial charge in [0, 0.05) is 32.4 Å². The number of ether oxygens (including phenoxy) is 1. The highest BCUT2D eigenvalue weighted by atomic mass is 32.2. The first-order valence-corrected chi connectivity index (χ1v) is 9.79. The number of aromatic nitrogens is 1. The summed E-state index contributed by atoms with van der Waals surface area (Å²) in [6.45, 7) is 1.23. The van der Waals surface area contributed by atoms with Crippen molar-refractivity contribution in [1.29, 1.82) is 0 Å². The summed E-state index contributed by atoms with van der Waals surface area (Å²) in [5.41, 5.74) is 0. The quantitative estimate of drug-likeness (QED) is 0.891. The summed E-state index contributed by atoms with van der Waals surface area (Å²) >= 11 is 0. The van der Waals surface area contributed by atoms with Gasteiger partial charge in [0.2, 0.25) is 10.0 Å². The van der Waals surface area contributed by atoms with Crippen LogP contribution in [0, 0.1) is 0 Å². The van der Waals surface area contributed by atoms with Crippen molar-refractivity contribution in [3.8, 4) is 0 Å². The third-order valence-corrected chi connectivity index (χ3v) is 6.63. The molecule has 1 saturated carbocycles. The van der Waals surface area contributed by atoms with Crippen LogP contribution in [-0.2, 0) is 14.8 Å². The van der Waals surface area contributed by atoms with Crippen LogP contribution in [0.15, 0.2) is 23.2 Å². The van der Waals surface area contributed by atoms with Gasteiger partial charge in [0.15, 0.2) is 0 Å². The van der Waals surface area contributed by atoms with Crippen molar-refractivity contribution in [2.24, 2.45) is 0 Å². The second-order valence-corrected chi connectivity index (χ2v) is 8.29. The molecule has 0 radical (unpaired) electrons. The number of pyridine rings is 1. The molecule has 0 aromatic carbocycles. The Bertz CT molecular complexity index is 612. The number of nitrogens with one attached hydrogen (secondary N) is 1. The van der Waals surface area contributed by atoms with Crippen LogP contribution >= 0.6 is 0 Å². The minimum Gasteiger partial charge on any atom is -0.381 e. The first-order valence-electron chi connectivity index (χ1n) is 8.35. The molecule has 0 bridgehead atoms. The summed E-state index contributed by atoms with van der Waals surface area (Å²) < 4.78 is 31.9. The van der Waals surface area contributed by atoms with Crippen LogP contribution in [-0.4, -0.2) is 50.1 Å². The third-order valence-electron chi connectivity index (χ3n) is 4.75. The van der Waals surface area contributed by atoms with Gasteiger partial charge >= 0.3 is 0 Å². The molecule has 2 aliphatic rings. The van der Waals surface area contributed by atoms with E-state index in [0.29, 0.717) is 25.2 Å². The lowest BCUT2D eigenvalue weighted by Crippen LogP contribution is -2.31. The van der Waals surface area contributed by atoms with Gasteiger partial charge < -0.3 is 10.1 Å². The molecule has 0 amide bonds. The lowest BCUT2D eigenvalue weighted by atomic mass is 9.93. The van der Waals surface area contributed by atoms with Crippen LogP contribution in [0.2, 0.25) is 0 Å². The summed E-state index contributed by atoms with van der Waals surface area (Å²) in [5, 5.41) is 3.39. The summed E-state index contributed by atoms with van der Waals surface area (Å²) in [6, 6.07) is 3.75. The minimum atomic E-state index is -3.38. The number of hydrogen-bond acceptors (Lipinski definition) is 5. The van der Waals surface area contributed by atoms with Gasteiger partial charge in [-0.2, -0.15) is 4.31 Å². The van der Waals surface area contributed by atoms with Gasteiger partial charge in [0.25, 0.3) is 0 Å². The Morgan fingerprint density at radius 1 is 1.22 bits per heavy atom. The zero-order valence-corrected chi connectivity index (χ0v) is 14.4. The lowest BCUT2D eigenvalue weighted by molar-refractivity contribution is 0.0669. The third kappa shape index (κ3) is 3.84. The van der Waals surface area contributed by atoms with Crippen molar-refractivity contribution in [2.45, 2.75) is 55.6 Å². The highest BCUT2D eigenvalue weighted by Crippen LogP contribution is 2.24. The molecule has 23 heavy (non-hydrogen) atoms. The monoisotopic (exact) mass is 339 g/mol. The van der Waals surface area contributed by atoms with E-state index < -0.39 is 10.0 Å². The first kappa shape index (κ1) is 16.7. The molecule has 1 aliphatic heterocycles. The molecule has 1 aliphatic carbocycles. The molecule has 2 atom stereocenters. The SMILES string of the molecule is COC1CCCC(Nc2ccc(S(=O)(=O)N3CCCC3)cn2)C1. The Balaban J connectivity index is 1.65. The van der Waals surface area contributed by atoms with E-state index in [1.54, 1.807) is 23.5 Å². The number of nitrogens with zero attached hydrogens (tertiary/aromatic N) is 2. The second kappa shape index (κ2) is 7.15. The molecule has 2 fully saturated rings. The van der Waals surface area contributed by atoms with Gasteiger partial charge in [0.1, 0.15) is 10.7 Å². The summed E-state index contributed by atoms with van der Waals surface area (Å²) in [6.07, 6.45) is 7.94. The van der Waals surface area contributed by atoms with Gasteiger partial charge in [0.05, 0.1) is 6.10 Å². The van der Waals surface area contributed by atoms with Crippen LogP contribution in [0.25, 0.3) is 0 Å². The Morgan fingerprint density at radius 3 is 2.65 bits per heavy atom. The Kier molecular flexibility index (Phi) is 5.18. The van der Waals surface area contributed by atoms with Gasteiger partial charge in [-0.05, 0) is 50.7 Å². The molecule has 1 aromatic rings. The van der Waals surface area contributed by atoms with Crippen molar-refractivity contribution in [1.82, 2.24) is 9.29 Å². The average Bonchev–Trinajstić information content (AvgIpc) is 3.11. The van der Waals surface area contributed by atoms with Crippen LogP contribution < -0.4 is 5.32 Å². The van der Waals surface area contributed by atoms with E-state index in [4.69, 9.17) is 4.74 Å². The molecular weight excluding hydrogens is 314 g/mol. The van der Waals surface area contributed by atoms with E-state index >= 15 is 0 Å². The average molecular weight is 339 g/mol. The van der Waals surface area contributed by atoms with Crippen LogP contribution in [0.1, 0.15) is 38.5 Å². The number of methoxy groups -OCH3 is 1. The number of hydrogen-bond donors (Lipinski definition) is 1. The van der Waals surface area contributed by atoms with E-state index in [9.17, 15) is 8.42 Å². The number of rotatable bonds is 5. The highest BCUT2D eigenvalue weighted by Gasteiger charge is 2.27. The molecule has 7 heteroatoms. The molecule has 128 valence electrons. The molecule has 2 heterocycles. The Morgan fingerprint density at radius 2 is 2.00 bits per heavy atom. The number of sulfonamides is 1. The maximum atomic E-state index is 12.5. The van der Waals surface area contributed by atoms with Gasteiger partial charge in [-0.25, -0.2) is 13.4 Å². The predicted molar refractivity (Wildman–Crippen MR) is 88.9 cm³/mol. The van der Waals surface area contributed by atoms with E-state index in [1.165, 1.54) is 6.20 Å². The van der Waals surface area contributed by atoms with Crippen LogP contribution in [0.5, 0.6) is 0 Å². The van der Waals surface area contributed by atoms with Crippen molar-refractivity contribution in [3.63, 3.8) is 0 Å². The van der Waals surface area contributed by atoms with E-state index in [-0.39, 0.29) is 4.90 Å². The van der Waals surface area contributed by atoms with Crippen molar-refractivity contribution >= 4 is 15.8 Å². The van der Waals surface area contributed by atoms with E-state index in [0.717, 1.165) is 44.3 Å². The van der Waals surface area contributed by atoms with Crippen LogP contribution in [0.4, 0.5) is 5.82 Å². The molecule has 2 unspecified atom stereocenters. The van der Waals surface area contributed by atoms with Gasteiger partial charge in [-0.1, -0.05) is 0 Å². The predicted octanol–water partition coefficient (Wildman–Crippen LogP) is 2.24. The molecular formula is C16H25N3O3S. The molecule has 6 nitrogen and oxygen atoms in total.